The van der Waals surface area contributed by atoms with Gasteiger partial charge in [-0.1, -0.05) is 25.7 Å². The van der Waals surface area contributed by atoms with Crippen LogP contribution in [0.2, 0.25) is 0 Å². The maximum absolute atomic E-state index is 11.3. The summed E-state index contributed by atoms with van der Waals surface area (Å²) in [6.45, 7) is 8.90. The van der Waals surface area contributed by atoms with E-state index in [4.69, 9.17) is 4.74 Å². The zero-order valence-corrected chi connectivity index (χ0v) is 10.5. The predicted octanol–water partition coefficient (Wildman–Crippen LogP) is 2.15. The van der Waals surface area contributed by atoms with Crippen molar-refractivity contribution in [1.29, 1.82) is 0 Å². The molecule has 0 amide bonds. The average Bonchev–Trinajstić information content (AvgIpc) is 2.60. The molecule has 94 valence electrons. The average molecular weight is 238 g/mol. The second-order valence-corrected chi connectivity index (χ2v) is 4.28. The Kier molecular flexibility index (Phi) is 4.23. The van der Waals surface area contributed by atoms with Crippen LogP contribution in [0.25, 0.3) is 0 Å². The molecule has 1 rings (SSSR count). The molecule has 0 aliphatic carbocycles. The van der Waals surface area contributed by atoms with E-state index in [9.17, 15) is 9.59 Å². The third-order valence-electron chi connectivity index (χ3n) is 2.74. The number of hydrogen-bond donors (Lipinski definition) is 0. The SMILES string of the molecule is C=C(CC(=O)OC(C)=O)C1(C)C=CC(CC)O1. The zero-order chi connectivity index (χ0) is 13.1. The normalized spacial score (nSPS) is 26.9. The smallest absolute Gasteiger partial charge is 0.317 e. The van der Waals surface area contributed by atoms with Crippen LogP contribution in [0.5, 0.6) is 0 Å². The third kappa shape index (κ3) is 3.53. The largest absolute Gasteiger partial charge is 0.393 e. The molecule has 4 nitrogen and oxygen atoms in total. The van der Waals surface area contributed by atoms with Gasteiger partial charge in [0.1, 0.15) is 5.60 Å². The maximum atomic E-state index is 11.3. The lowest BCUT2D eigenvalue weighted by Crippen LogP contribution is -2.29. The summed E-state index contributed by atoms with van der Waals surface area (Å²) in [7, 11) is 0. The summed E-state index contributed by atoms with van der Waals surface area (Å²) in [5, 5.41) is 0. The van der Waals surface area contributed by atoms with Crippen molar-refractivity contribution in [2.45, 2.75) is 45.3 Å². The molecule has 2 unspecified atom stereocenters. The van der Waals surface area contributed by atoms with E-state index in [1.807, 2.05) is 26.0 Å². The Balaban J connectivity index is 2.57. The Bertz CT molecular complexity index is 370. The molecular formula is C13H18O4. The van der Waals surface area contributed by atoms with Crippen molar-refractivity contribution in [3.8, 4) is 0 Å². The molecule has 0 fully saturated rings. The van der Waals surface area contributed by atoms with E-state index < -0.39 is 17.5 Å². The molecule has 1 heterocycles. The maximum Gasteiger partial charge on any atom is 0.317 e. The number of hydrogen-bond acceptors (Lipinski definition) is 4. The lowest BCUT2D eigenvalue weighted by atomic mass is 9.95. The van der Waals surface area contributed by atoms with Crippen molar-refractivity contribution in [2.24, 2.45) is 0 Å². The highest BCUT2D eigenvalue weighted by atomic mass is 16.6. The molecule has 0 N–H and O–H groups in total. The van der Waals surface area contributed by atoms with Gasteiger partial charge >= 0.3 is 11.9 Å². The minimum atomic E-state index is -0.642. The van der Waals surface area contributed by atoms with Gasteiger partial charge in [0.25, 0.3) is 0 Å². The highest BCUT2D eigenvalue weighted by Crippen LogP contribution is 2.32. The van der Waals surface area contributed by atoms with E-state index >= 15 is 0 Å². The van der Waals surface area contributed by atoms with Crippen LogP contribution in [0.4, 0.5) is 0 Å². The van der Waals surface area contributed by atoms with E-state index in [1.54, 1.807) is 0 Å². The van der Waals surface area contributed by atoms with Gasteiger partial charge in [-0.15, -0.1) is 0 Å². The quantitative estimate of drug-likeness (QED) is 0.428. The van der Waals surface area contributed by atoms with Crippen LogP contribution in [-0.2, 0) is 19.1 Å². The summed E-state index contributed by atoms with van der Waals surface area (Å²) >= 11 is 0. The number of carbonyl (C=O) groups is 2. The van der Waals surface area contributed by atoms with Crippen LogP contribution in [0.15, 0.2) is 24.3 Å². The minimum absolute atomic E-state index is 0.0170. The molecule has 0 aromatic carbocycles. The molecule has 0 spiro atoms. The van der Waals surface area contributed by atoms with Gasteiger partial charge < -0.3 is 9.47 Å². The van der Waals surface area contributed by atoms with Crippen molar-refractivity contribution in [2.75, 3.05) is 0 Å². The molecule has 2 atom stereocenters. The second kappa shape index (κ2) is 5.27. The summed E-state index contributed by atoms with van der Waals surface area (Å²) in [6, 6.07) is 0. The lowest BCUT2D eigenvalue weighted by Gasteiger charge is -2.26. The first kappa shape index (κ1) is 13.6. The summed E-state index contributed by atoms with van der Waals surface area (Å²) in [6.07, 6.45) is 4.76. The molecule has 0 radical (unpaired) electrons. The monoisotopic (exact) mass is 238 g/mol. The van der Waals surface area contributed by atoms with Gasteiger partial charge in [-0.3, -0.25) is 9.59 Å². The number of esters is 2. The van der Waals surface area contributed by atoms with Gasteiger partial charge in [-0.2, -0.15) is 0 Å². The van der Waals surface area contributed by atoms with E-state index in [1.165, 1.54) is 6.92 Å². The van der Waals surface area contributed by atoms with Crippen LogP contribution < -0.4 is 0 Å². The highest BCUT2D eigenvalue weighted by Gasteiger charge is 2.33. The van der Waals surface area contributed by atoms with Crippen LogP contribution in [-0.4, -0.2) is 23.6 Å². The van der Waals surface area contributed by atoms with Gasteiger partial charge in [0.05, 0.1) is 12.5 Å². The summed E-state index contributed by atoms with van der Waals surface area (Å²) in [5.74, 6) is -1.21. The summed E-state index contributed by atoms with van der Waals surface area (Å²) in [5.41, 5.74) is -0.0489. The minimum Gasteiger partial charge on any atom is -0.393 e. The first-order chi connectivity index (χ1) is 7.87. The first-order valence-electron chi connectivity index (χ1n) is 5.64. The zero-order valence-electron chi connectivity index (χ0n) is 10.5. The van der Waals surface area contributed by atoms with Gasteiger partial charge in [-0.05, 0) is 18.9 Å². The van der Waals surface area contributed by atoms with Crippen LogP contribution in [0.3, 0.4) is 0 Å². The Morgan fingerprint density at radius 2 is 2.18 bits per heavy atom. The second-order valence-electron chi connectivity index (χ2n) is 4.28. The lowest BCUT2D eigenvalue weighted by molar-refractivity contribution is -0.157. The molecule has 0 bridgehead atoms. The molecule has 4 heteroatoms. The standard InChI is InChI=1S/C13H18O4/c1-5-11-6-7-13(4,17-11)9(2)8-12(15)16-10(3)14/h6-7,11H,2,5,8H2,1,3-4H3. The topological polar surface area (TPSA) is 52.6 Å². The fourth-order valence-electron chi connectivity index (χ4n) is 1.65. The Labute approximate surface area is 101 Å². The van der Waals surface area contributed by atoms with E-state index in [-0.39, 0.29) is 12.5 Å². The third-order valence-corrected chi connectivity index (χ3v) is 2.74. The van der Waals surface area contributed by atoms with Crippen LogP contribution in [0, 0.1) is 0 Å². The molecule has 17 heavy (non-hydrogen) atoms. The fraction of sp³-hybridized carbons (Fsp3) is 0.538. The Morgan fingerprint density at radius 3 is 2.65 bits per heavy atom. The number of ether oxygens (including phenoxy) is 2. The van der Waals surface area contributed by atoms with Gasteiger partial charge in [0.2, 0.25) is 0 Å². The molecule has 0 aromatic rings. The Morgan fingerprint density at radius 1 is 1.53 bits per heavy atom. The highest BCUT2D eigenvalue weighted by molar-refractivity contribution is 5.85. The van der Waals surface area contributed by atoms with Crippen molar-refractivity contribution in [1.82, 2.24) is 0 Å². The molecular weight excluding hydrogens is 220 g/mol. The van der Waals surface area contributed by atoms with Gasteiger partial charge in [0.15, 0.2) is 0 Å². The molecule has 0 aromatic heterocycles. The number of carbonyl (C=O) groups excluding carboxylic acids is 2. The van der Waals surface area contributed by atoms with Crippen LogP contribution >= 0.6 is 0 Å². The first-order valence-corrected chi connectivity index (χ1v) is 5.64. The molecule has 0 saturated carbocycles. The van der Waals surface area contributed by atoms with Crippen LogP contribution in [0.1, 0.15) is 33.6 Å². The Hall–Kier alpha value is -1.42. The fourth-order valence-corrected chi connectivity index (χ4v) is 1.65. The van der Waals surface area contributed by atoms with Gasteiger partial charge in [-0.25, -0.2) is 0 Å². The van der Waals surface area contributed by atoms with Crippen molar-refractivity contribution < 1.29 is 19.1 Å². The summed E-state index contributed by atoms with van der Waals surface area (Å²) in [4.78, 5) is 21.9. The van der Waals surface area contributed by atoms with Crippen molar-refractivity contribution >= 4 is 11.9 Å². The predicted molar refractivity (Wildman–Crippen MR) is 63.2 cm³/mol. The van der Waals surface area contributed by atoms with Crippen molar-refractivity contribution in [3.05, 3.63) is 24.3 Å². The van der Waals surface area contributed by atoms with Gasteiger partial charge in [0, 0.05) is 6.92 Å². The van der Waals surface area contributed by atoms with E-state index in [2.05, 4.69) is 11.3 Å². The molecule has 1 aliphatic rings. The molecule has 1 aliphatic heterocycles. The number of rotatable bonds is 4. The summed E-state index contributed by atoms with van der Waals surface area (Å²) < 4.78 is 10.2. The van der Waals surface area contributed by atoms with E-state index in [0.717, 1.165) is 6.42 Å². The van der Waals surface area contributed by atoms with Crippen molar-refractivity contribution in [3.63, 3.8) is 0 Å². The molecule has 0 saturated heterocycles. The van der Waals surface area contributed by atoms with E-state index in [0.29, 0.717) is 5.57 Å².